The maximum atomic E-state index is 13.4. The van der Waals surface area contributed by atoms with Crippen LogP contribution in [0.1, 0.15) is 36.0 Å². The smallest absolute Gasteiger partial charge is 0.254 e. The fraction of sp³-hybridized carbons (Fsp3) is 0.500. The first kappa shape index (κ1) is 13.8. The van der Waals surface area contributed by atoms with Crippen LogP contribution in [0.4, 0.5) is 4.39 Å². The van der Waals surface area contributed by atoms with Crippen molar-refractivity contribution in [3.05, 3.63) is 29.6 Å². The lowest BCUT2D eigenvalue weighted by atomic mass is 10.0. The van der Waals surface area contributed by atoms with Gasteiger partial charge in [-0.05, 0) is 37.9 Å². The molecule has 5 heteroatoms. The monoisotopic (exact) mass is 266 g/mol. The van der Waals surface area contributed by atoms with Gasteiger partial charge in [-0.15, -0.1) is 0 Å². The van der Waals surface area contributed by atoms with E-state index in [4.69, 9.17) is 5.11 Å². The Morgan fingerprint density at radius 3 is 3.00 bits per heavy atom. The number of nitrogens with one attached hydrogen (secondary N) is 2. The number of aromatic hydroxyl groups is 1. The predicted octanol–water partition coefficient (Wildman–Crippen LogP) is 1.79. The van der Waals surface area contributed by atoms with Gasteiger partial charge in [0.15, 0.2) is 0 Å². The minimum absolute atomic E-state index is 0.0330. The van der Waals surface area contributed by atoms with Crippen LogP contribution in [0.25, 0.3) is 0 Å². The van der Waals surface area contributed by atoms with Crippen molar-refractivity contribution in [1.82, 2.24) is 10.6 Å². The zero-order chi connectivity index (χ0) is 13.7. The molecular weight excluding hydrogens is 247 g/mol. The summed E-state index contributed by atoms with van der Waals surface area (Å²) >= 11 is 0. The van der Waals surface area contributed by atoms with Gasteiger partial charge >= 0.3 is 0 Å². The van der Waals surface area contributed by atoms with Gasteiger partial charge in [-0.25, -0.2) is 4.39 Å². The second-order valence-electron chi connectivity index (χ2n) is 4.86. The molecule has 1 saturated heterocycles. The third kappa shape index (κ3) is 3.92. The van der Waals surface area contributed by atoms with Crippen molar-refractivity contribution in [2.24, 2.45) is 0 Å². The molecule has 0 bridgehead atoms. The lowest BCUT2D eigenvalue weighted by Gasteiger charge is -2.23. The van der Waals surface area contributed by atoms with Crippen LogP contribution in [0.5, 0.6) is 5.75 Å². The highest BCUT2D eigenvalue weighted by molar-refractivity contribution is 5.94. The van der Waals surface area contributed by atoms with Crippen LogP contribution in [0.15, 0.2) is 18.2 Å². The number of hydrogen-bond acceptors (Lipinski definition) is 3. The number of phenols is 1. The highest BCUT2D eigenvalue weighted by atomic mass is 19.1. The number of benzene rings is 1. The van der Waals surface area contributed by atoms with E-state index in [1.807, 2.05) is 0 Å². The topological polar surface area (TPSA) is 61.4 Å². The number of hydrogen-bond donors (Lipinski definition) is 3. The van der Waals surface area contributed by atoms with Crippen LogP contribution < -0.4 is 10.6 Å². The molecule has 1 aliphatic heterocycles. The van der Waals surface area contributed by atoms with Gasteiger partial charge in [-0.3, -0.25) is 4.79 Å². The molecular formula is C14H19FN2O2. The molecule has 0 aromatic heterocycles. The Bertz CT molecular complexity index is 445. The van der Waals surface area contributed by atoms with Crippen molar-refractivity contribution in [3.8, 4) is 5.75 Å². The van der Waals surface area contributed by atoms with Crippen molar-refractivity contribution in [3.63, 3.8) is 0 Å². The number of halogens is 1. The summed E-state index contributed by atoms with van der Waals surface area (Å²) in [6.45, 7) is 1.56. The molecule has 0 spiro atoms. The largest absolute Gasteiger partial charge is 0.508 e. The minimum Gasteiger partial charge on any atom is -0.508 e. The van der Waals surface area contributed by atoms with Crippen molar-refractivity contribution in [2.45, 2.75) is 31.7 Å². The molecule has 1 aliphatic rings. The molecule has 3 N–H and O–H groups in total. The highest BCUT2D eigenvalue weighted by Gasteiger charge is 2.14. The Labute approximate surface area is 112 Å². The molecule has 19 heavy (non-hydrogen) atoms. The zero-order valence-corrected chi connectivity index (χ0v) is 10.8. The van der Waals surface area contributed by atoms with Crippen molar-refractivity contribution < 1.29 is 14.3 Å². The molecule has 0 aliphatic carbocycles. The molecule has 1 aromatic rings. The Balaban J connectivity index is 1.80. The van der Waals surface area contributed by atoms with E-state index < -0.39 is 11.7 Å². The van der Waals surface area contributed by atoms with Gasteiger partial charge in [0.25, 0.3) is 5.91 Å². The second kappa shape index (κ2) is 6.52. The lowest BCUT2D eigenvalue weighted by Crippen LogP contribution is -2.37. The summed E-state index contributed by atoms with van der Waals surface area (Å²) in [6, 6.07) is 3.98. The first-order valence-electron chi connectivity index (χ1n) is 6.67. The number of carbonyl (C=O) groups is 1. The van der Waals surface area contributed by atoms with Gasteiger partial charge in [0.05, 0.1) is 5.56 Å². The standard InChI is InChI=1S/C14H19FN2O2/c15-13-9-11(18)4-5-12(13)14(19)17-8-6-10-3-1-2-7-16-10/h4-5,9-10,16,18H,1-3,6-8H2,(H,17,19). The number of phenolic OH excluding ortho intramolecular Hbond substituents is 1. The molecule has 1 aromatic carbocycles. The zero-order valence-electron chi connectivity index (χ0n) is 10.8. The van der Waals surface area contributed by atoms with Crippen molar-refractivity contribution in [1.29, 1.82) is 0 Å². The molecule has 1 amide bonds. The maximum absolute atomic E-state index is 13.4. The molecule has 0 radical (unpaired) electrons. The summed E-state index contributed by atoms with van der Waals surface area (Å²) in [5.41, 5.74) is -0.0330. The first-order valence-corrected chi connectivity index (χ1v) is 6.67. The van der Waals surface area contributed by atoms with E-state index in [1.54, 1.807) is 0 Å². The summed E-state index contributed by atoms with van der Waals surface area (Å²) < 4.78 is 13.4. The summed E-state index contributed by atoms with van der Waals surface area (Å²) in [6.07, 6.45) is 4.41. The van der Waals surface area contributed by atoms with E-state index in [9.17, 15) is 9.18 Å². The van der Waals surface area contributed by atoms with E-state index in [1.165, 1.54) is 25.0 Å². The van der Waals surface area contributed by atoms with Gasteiger partial charge in [0.2, 0.25) is 0 Å². The van der Waals surface area contributed by atoms with Gasteiger partial charge in [-0.2, -0.15) is 0 Å². The SMILES string of the molecule is O=C(NCCC1CCCCN1)c1ccc(O)cc1F. The Morgan fingerprint density at radius 2 is 2.32 bits per heavy atom. The molecule has 1 atom stereocenters. The van der Waals surface area contributed by atoms with Crippen LogP contribution in [0, 0.1) is 5.82 Å². The first-order chi connectivity index (χ1) is 9.16. The van der Waals surface area contributed by atoms with Crippen LogP contribution >= 0.6 is 0 Å². The quantitative estimate of drug-likeness (QED) is 0.778. The summed E-state index contributed by atoms with van der Waals surface area (Å²) in [5.74, 6) is -1.32. The van der Waals surface area contributed by atoms with Crippen molar-refractivity contribution >= 4 is 5.91 Å². The lowest BCUT2D eigenvalue weighted by molar-refractivity contribution is 0.0947. The number of piperidine rings is 1. The normalized spacial score (nSPS) is 19.1. The second-order valence-corrected chi connectivity index (χ2v) is 4.86. The summed E-state index contributed by atoms with van der Waals surface area (Å²) in [5, 5.41) is 15.2. The van der Waals surface area contributed by atoms with Crippen LogP contribution in [-0.2, 0) is 0 Å². The van der Waals surface area contributed by atoms with Crippen LogP contribution in [0.3, 0.4) is 0 Å². The minimum atomic E-state index is -0.701. The summed E-state index contributed by atoms with van der Waals surface area (Å²) in [4.78, 5) is 11.8. The fourth-order valence-electron chi connectivity index (χ4n) is 2.31. The van der Waals surface area contributed by atoms with Gasteiger partial charge in [-0.1, -0.05) is 6.42 Å². The van der Waals surface area contributed by atoms with E-state index >= 15 is 0 Å². The molecule has 1 heterocycles. The van der Waals surface area contributed by atoms with Crippen LogP contribution in [0.2, 0.25) is 0 Å². The van der Waals surface area contributed by atoms with E-state index in [0.29, 0.717) is 12.6 Å². The molecule has 2 rings (SSSR count). The van der Waals surface area contributed by atoms with E-state index in [-0.39, 0.29) is 11.3 Å². The summed E-state index contributed by atoms with van der Waals surface area (Å²) in [7, 11) is 0. The number of carbonyl (C=O) groups excluding carboxylic acids is 1. The van der Waals surface area contributed by atoms with Gasteiger partial charge < -0.3 is 15.7 Å². The van der Waals surface area contributed by atoms with Crippen molar-refractivity contribution in [2.75, 3.05) is 13.1 Å². The van der Waals surface area contributed by atoms with Gasteiger partial charge in [0, 0.05) is 18.7 Å². The maximum Gasteiger partial charge on any atom is 0.254 e. The van der Waals surface area contributed by atoms with Crippen LogP contribution in [-0.4, -0.2) is 30.1 Å². The fourth-order valence-corrected chi connectivity index (χ4v) is 2.31. The third-order valence-electron chi connectivity index (χ3n) is 3.39. The molecule has 0 saturated carbocycles. The molecule has 1 unspecified atom stereocenters. The Morgan fingerprint density at radius 1 is 1.47 bits per heavy atom. The van der Waals surface area contributed by atoms with Gasteiger partial charge in [0.1, 0.15) is 11.6 Å². The third-order valence-corrected chi connectivity index (χ3v) is 3.39. The number of amides is 1. The number of rotatable bonds is 4. The average Bonchev–Trinajstić information content (AvgIpc) is 2.39. The van der Waals surface area contributed by atoms with E-state index in [2.05, 4.69) is 10.6 Å². The average molecular weight is 266 g/mol. The molecule has 104 valence electrons. The Hall–Kier alpha value is -1.62. The highest BCUT2D eigenvalue weighted by Crippen LogP contribution is 2.15. The predicted molar refractivity (Wildman–Crippen MR) is 70.7 cm³/mol. The van der Waals surface area contributed by atoms with E-state index in [0.717, 1.165) is 25.5 Å². The molecule has 1 fully saturated rings. The molecule has 4 nitrogen and oxygen atoms in total. The Kier molecular flexibility index (Phi) is 4.74.